The number of benzene rings is 2. The molecule has 2 aliphatic rings. The Morgan fingerprint density at radius 3 is 2.60 bits per heavy atom. The molecule has 4 nitrogen and oxygen atoms in total. The predicted molar refractivity (Wildman–Crippen MR) is 94.3 cm³/mol. The van der Waals surface area contributed by atoms with Gasteiger partial charge in [-0.2, -0.15) is 0 Å². The molecule has 25 heavy (non-hydrogen) atoms. The fourth-order valence-corrected chi connectivity index (χ4v) is 4.26. The molecule has 0 heterocycles. The summed E-state index contributed by atoms with van der Waals surface area (Å²) in [5.41, 5.74) is 3.46. The van der Waals surface area contributed by atoms with Gasteiger partial charge in [-0.1, -0.05) is 54.6 Å². The number of hydrogen-bond donors (Lipinski definition) is 2. The third-order valence-corrected chi connectivity index (χ3v) is 5.68. The number of amides is 1. The second-order valence-corrected chi connectivity index (χ2v) is 7.16. The zero-order chi connectivity index (χ0) is 17.4. The van der Waals surface area contributed by atoms with Gasteiger partial charge in [0.15, 0.2) is 0 Å². The van der Waals surface area contributed by atoms with Gasteiger partial charge in [0.25, 0.3) is 0 Å². The summed E-state index contributed by atoms with van der Waals surface area (Å²) in [7, 11) is 0. The molecule has 2 aliphatic carbocycles. The van der Waals surface area contributed by atoms with E-state index in [-0.39, 0.29) is 17.2 Å². The summed E-state index contributed by atoms with van der Waals surface area (Å²) < 4.78 is 0. The zero-order valence-electron chi connectivity index (χ0n) is 13.9. The summed E-state index contributed by atoms with van der Waals surface area (Å²) in [5, 5.41) is 12.3. The fraction of sp³-hybridized carbons (Fsp3) is 0.333. The first kappa shape index (κ1) is 15.9. The van der Waals surface area contributed by atoms with Crippen LogP contribution in [0.1, 0.15) is 29.5 Å². The average molecular weight is 335 g/mol. The van der Waals surface area contributed by atoms with E-state index in [0.29, 0.717) is 6.42 Å². The number of nitrogens with one attached hydrogen (secondary N) is 1. The molecule has 1 fully saturated rings. The number of rotatable bonds is 5. The van der Waals surface area contributed by atoms with Crippen molar-refractivity contribution in [1.82, 2.24) is 5.32 Å². The monoisotopic (exact) mass is 335 g/mol. The number of carboxylic acid groups (broad SMARTS) is 1. The average Bonchev–Trinajstić information content (AvgIpc) is 3.24. The second kappa shape index (κ2) is 6.03. The third-order valence-electron chi connectivity index (χ3n) is 5.68. The van der Waals surface area contributed by atoms with E-state index in [4.69, 9.17) is 0 Å². The molecule has 2 aromatic rings. The fourth-order valence-electron chi connectivity index (χ4n) is 4.26. The molecule has 1 saturated carbocycles. The molecule has 0 aromatic heterocycles. The largest absolute Gasteiger partial charge is 0.480 e. The van der Waals surface area contributed by atoms with Crippen molar-refractivity contribution < 1.29 is 14.7 Å². The lowest BCUT2D eigenvalue weighted by molar-refractivity contribution is -0.142. The van der Waals surface area contributed by atoms with Crippen molar-refractivity contribution >= 4 is 11.9 Å². The van der Waals surface area contributed by atoms with Crippen molar-refractivity contribution in [2.45, 2.75) is 37.1 Å². The zero-order valence-corrected chi connectivity index (χ0v) is 13.9. The molecule has 2 unspecified atom stereocenters. The molecule has 0 aliphatic heterocycles. The Labute approximate surface area is 146 Å². The highest BCUT2D eigenvalue weighted by Crippen LogP contribution is 2.61. The van der Waals surface area contributed by atoms with Gasteiger partial charge in [0.1, 0.15) is 6.04 Å². The van der Waals surface area contributed by atoms with Gasteiger partial charge in [0, 0.05) is 17.8 Å². The Morgan fingerprint density at radius 1 is 1.12 bits per heavy atom. The number of aliphatic carboxylic acids is 1. The first-order valence-electron chi connectivity index (χ1n) is 8.76. The van der Waals surface area contributed by atoms with Gasteiger partial charge in [-0.15, -0.1) is 0 Å². The van der Waals surface area contributed by atoms with E-state index < -0.39 is 12.0 Å². The number of aryl methyl sites for hydroxylation is 1. The molecule has 0 radical (unpaired) electrons. The molecule has 128 valence electrons. The Hall–Kier alpha value is -2.62. The van der Waals surface area contributed by atoms with Gasteiger partial charge in [-0.25, -0.2) is 4.79 Å². The van der Waals surface area contributed by atoms with Gasteiger partial charge >= 0.3 is 5.97 Å². The van der Waals surface area contributed by atoms with Crippen LogP contribution in [0.2, 0.25) is 0 Å². The lowest BCUT2D eigenvalue weighted by Crippen LogP contribution is -2.43. The summed E-state index contributed by atoms with van der Waals surface area (Å²) in [6.45, 7) is 0. The Kier molecular flexibility index (Phi) is 3.83. The highest BCUT2D eigenvalue weighted by Gasteiger charge is 2.61. The maximum Gasteiger partial charge on any atom is 0.326 e. The van der Waals surface area contributed by atoms with Crippen molar-refractivity contribution in [3.63, 3.8) is 0 Å². The minimum atomic E-state index is -0.987. The van der Waals surface area contributed by atoms with Gasteiger partial charge in [0.05, 0.1) is 0 Å². The summed E-state index contributed by atoms with van der Waals surface area (Å²) >= 11 is 0. The maximum absolute atomic E-state index is 12.7. The van der Waals surface area contributed by atoms with Crippen molar-refractivity contribution in [3.8, 4) is 0 Å². The van der Waals surface area contributed by atoms with E-state index in [1.54, 1.807) is 0 Å². The van der Waals surface area contributed by atoms with E-state index in [9.17, 15) is 14.7 Å². The molecular formula is C21H21NO3. The minimum absolute atomic E-state index is 0.0591. The summed E-state index contributed by atoms with van der Waals surface area (Å²) in [5.74, 6) is -1.22. The second-order valence-electron chi connectivity index (χ2n) is 7.16. The number of carbonyl (C=O) groups excluding carboxylic acids is 1. The molecule has 0 saturated heterocycles. The highest BCUT2D eigenvalue weighted by molar-refractivity contribution is 5.89. The summed E-state index contributed by atoms with van der Waals surface area (Å²) in [6, 6.07) is 16.8. The van der Waals surface area contributed by atoms with Crippen LogP contribution in [-0.4, -0.2) is 23.0 Å². The predicted octanol–water partition coefficient (Wildman–Crippen LogP) is 2.70. The van der Waals surface area contributed by atoms with Crippen LogP contribution in [0.5, 0.6) is 0 Å². The molecule has 1 spiro atoms. The minimum Gasteiger partial charge on any atom is -0.480 e. The van der Waals surface area contributed by atoms with Gasteiger partial charge < -0.3 is 10.4 Å². The number of carbonyl (C=O) groups is 2. The molecule has 4 heteroatoms. The topological polar surface area (TPSA) is 66.4 Å². The van der Waals surface area contributed by atoms with E-state index >= 15 is 0 Å². The van der Waals surface area contributed by atoms with Crippen molar-refractivity contribution in [2.24, 2.45) is 5.92 Å². The lowest BCUT2D eigenvalue weighted by atomic mass is 9.95. The summed E-state index contributed by atoms with van der Waals surface area (Å²) in [6.07, 6.45) is 3.12. The van der Waals surface area contributed by atoms with Crippen LogP contribution >= 0.6 is 0 Å². The van der Waals surface area contributed by atoms with E-state index in [2.05, 4.69) is 17.4 Å². The molecule has 4 rings (SSSR count). The molecule has 0 bridgehead atoms. The van der Waals surface area contributed by atoms with Crippen LogP contribution in [0, 0.1) is 5.92 Å². The van der Waals surface area contributed by atoms with Crippen molar-refractivity contribution in [1.29, 1.82) is 0 Å². The van der Waals surface area contributed by atoms with Crippen LogP contribution < -0.4 is 5.32 Å². The molecular weight excluding hydrogens is 314 g/mol. The van der Waals surface area contributed by atoms with Gasteiger partial charge in [-0.05, 0) is 36.0 Å². The molecule has 2 N–H and O–H groups in total. The molecule has 1 amide bonds. The van der Waals surface area contributed by atoms with Gasteiger partial charge in [-0.3, -0.25) is 4.79 Å². The first-order valence-corrected chi connectivity index (χ1v) is 8.76. The highest BCUT2D eigenvalue weighted by atomic mass is 16.4. The van der Waals surface area contributed by atoms with Crippen LogP contribution in [0.3, 0.4) is 0 Å². The Morgan fingerprint density at radius 2 is 1.84 bits per heavy atom. The number of hydrogen-bond acceptors (Lipinski definition) is 2. The molecule has 3 atom stereocenters. The first-order chi connectivity index (χ1) is 12.1. The molecule has 2 aromatic carbocycles. The Balaban J connectivity index is 1.46. The number of fused-ring (bicyclic) bond motifs is 2. The lowest BCUT2D eigenvalue weighted by Gasteiger charge is -2.16. The van der Waals surface area contributed by atoms with Crippen molar-refractivity contribution in [3.05, 3.63) is 71.3 Å². The maximum atomic E-state index is 12.7. The standard InChI is InChI=1S/C21H21NO3/c23-19(22-18(20(24)25)12-14-6-2-1-3-7-14)17-13-21(17)11-10-15-8-4-5-9-16(15)21/h1-9,17-18H,10-13H2,(H,22,23)(H,24,25)/t17?,18-,21?/m0/s1. The van der Waals surface area contributed by atoms with Crippen LogP contribution in [0.4, 0.5) is 0 Å². The SMILES string of the molecule is O=C(N[C@@H](Cc1ccccc1)C(=O)O)C1CC12CCc1ccccc12. The third kappa shape index (κ3) is 2.82. The van der Waals surface area contributed by atoms with Crippen LogP contribution in [0.15, 0.2) is 54.6 Å². The van der Waals surface area contributed by atoms with E-state index in [0.717, 1.165) is 24.8 Å². The van der Waals surface area contributed by atoms with Crippen molar-refractivity contribution in [2.75, 3.05) is 0 Å². The van der Waals surface area contributed by atoms with Crippen LogP contribution in [-0.2, 0) is 27.8 Å². The Bertz CT molecular complexity index is 817. The van der Waals surface area contributed by atoms with Crippen LogP contribution in [0.25, 0.3) is 0 Å². The summed E-state index contributed by atoms with van der Waals surface area (Å²) in [4.78, 5) is 24.3. The number of carboxylic acids is 1. The quantitative estimate of drug-likeness (QED) is 0.883. The smallest absolute Gasteiger partial charge is 0.326 e. The van der Waals surface area contributed by atoms with Gasteiger partial charge in [0.2, 0.25) is 5.91 Å². The van der Waals surface area contributed by atoms with E-state index in [1.807, 2.05) is 42.5 Å². The van der Waals surface area contributed by atoms with E-state index in [1.165, 1.54) is 11.1 Å². The normalized spacial score (nSPS) is 24.6.